The lowest BCUT2D eigenvalue weighted by Crippen LogP contribution is -2.00. The molecule has 0 fully saturated rings. The summed E-state index contributed by atoms with van der Waals surface area (Å²) < 4.78 is 27.4. The van der Waals surface area contributed by atoms with Gasteiger partial charge in [-0.25, -0.2) is 0 Å². The lowest BCUT2D eigenvalue weighted by molar-refractivity contribution is 0.536. The molecule has 0 aliphatic rings. The predicted octanol–water partition coefficient (Wildman–Crippen LogP) is 1.61. The van der Waals surface area contributed by atoms with Gasteiger partial charge in [-0.05, 0) is 11.5 Å². The molecule has 0 aliphatic carbocycles. The molecular formula is C7H10NO3S-. The van der Waals surface area contributed by atoms with Gasteiger partial charge in [0.15, 0.2) is 0 Å². The van der Waals surface area contributed by atoms with Crippen LogP contribution in [0.4, 0.5) is 5.88 Å². The number of hydrogen-bond donors (Lipinski definition) is 1. The molecule has 1 heterocycles. The van der Waals surface area contributed by atoms with Crippen LogP contribution in [0.2, 0.25) is 0 Å². The molecule has 1 rings (SSSR count). The van der Waals surface area contributed by atoms with Gasteiger partial charge in [0.05, 0.1) is 6.26 Å². The van der Waals surface area contributed by atoms with Gasteiger partial charge in [-0.1, -0.05) is 13.8 Å². The second-order valence-corrected chi connectivity index (χ2v) is 3.41. The summed E-state index contributed by atoms with van der Waals surface area (Å²) in [6.07, 6.45) is 1.54. The minimum atomic E-state index is -2.31. The van der Waals surface area contributed by atoms with Crippen LogP contribution in [0.5, 0.6) is 0 Å². The molecule has 12 heavy (non-hydrogen) atoms. The molecule has 0 saturated carbocycles. The number of anilines is 1. The maximum absolute atomic E-state index is 10.2. The standard InChI is InChI=1S/C7H11NO3S/c1-5(2)6-3-7(11-4-6)8-12(9)10/h3-5,8H,1-2H3,(H,9,10)/p-1. The first-order valence-corrected chi connectivity index (χ1v) is 4.61. The van der Waals surface area contributed by atoms with E-state index in [0.717, 1.165) is 5.56 Å². The van der Waals surface area contributed by atoms with Gasteiger partial charge in [0, 0.05) is 17.3 Å². The zero-order valence-corrected chi connectivity index (χ0v) is 7.68. The SMILES string of the molecule is CC(C)c1coc(NS(=O)[O-])c1. The Hall–Kier alpha value is -0.810. The fraction of sp³-hybridized carbons (Fsp3) is 0.429. The molecule has 1 N–H and O–H groups in total. The average molecular weight is 188 g/mol. The Labute approximate surface area is 73.4 Å². The van der Waals surface area contributed by atoms with Gasteiger partial charge < -0.3 is 8.97 Å². The van der Waals surface area contributed by atoms with Crippen LogP contribution in [0.3, 0.4) is 0 Å². The maximum atomic E-state index is 10.2. The van der Waals surface area contributed by atoms with E-state index < -0.39 is 11.3 Å². The molecule has 0 aliphatic heterocycles. The van der Waals surface area contributed by atoms with Crippen LogP contribution in [0, 0.1) is 0 Å². The number of hydrogen-bond acceptors (Lipinski definition) is 3. The van der Waals surface area contributed by atoms with E-state index in [1.165, 1.54) is 0 Å². The Morgan fingerprint density at radius 3 is 2.75 bits per heavy atom. The van der Waals surface area contributed by atoms with Crippen LogP contribution in [0.1, 0.15) is 25.3 Å². The molecule has 0 saturated heterocycles. The fourth-order valence-electron chi connectivity index (χ4n) is 0.789. The Morgan fingerprint density at radius 1 is 1.67 bits per heavy atom. The van der Waals surface area contributed by atoms with Crippen LogP contribution in [0.25, 0.3) is 0 Å². The highest BCUT2D eigenvalue weighted by molar-refractivity contribution is 7.80. The van der Waals surface area contributed by atoms with Gasteiger partial charge in [-0.2, -0.15) is 0 Å². The quantitative estimate of drug-likeness (QED) is 0.733. The molecule has 1 unspecified atom stereocenters. The van der Waals surface area contributed by atoms with Crippen molar-refractivity contribution in [1.29, 1.82) is 0 Å². The van der Waals surface area contributed by atoms with Crippen molar-refractivity contribution in [2.75, 3.05) is 4.72 Å². The Bertz CT molecular complexity index is 282. The molecule has 68 valence electrons. The number of nitrogens with one attached hydrogen (secondary N) is 1. The smallest absolute Gasteiger partial charge is 0.203 e. The Balaban J connectivity index is 2.70. The molecule has 0 aromatic carbocycles. The number of rotatable bonds is 3. The highest BCUT2D eigenvalue weighted by atomic mass is 32.2. The molecule has 4 nitrogen and oxygen atoms in total. The Kier molecular flexibility index (Phi) is 2.88. The summed E-state index contributed by atoms with van der Waals surface area (Å²) in [6.45, 7) is 4.01. The second-order valence-electron chi connectivity index (χ2n) is 2.74. The van der Waals surface area contributed by atoms with E-state index in [0.29, 0.717) is 5.92 Å². The zero-order valence-electron chi connectivity index (χ0n) is 6.87. The lowest BCUT2D eigenvalue weighted by atomic mass is 10.1. The predicted molar refractivity (Wildman–Crippen MR) is 45.3 cm³/mol. The third kappa shape index (κ3) is 2.35. The van der Waals surface area contributed by atoms with Crippen LogP contribution in [-0.4, -0.2) is 8.76 Å². The Morgan fingerprint density at radius 2 is 2.33 bits per heavy atom. The minimum absolute atomic E-state index is 0.257. The largest absolute Gasteiger partial charge is 0.755 e. The first kappa shape index (κ1) is 9.28. The molecule has 0 radical (unpaired) electrons. The van der Waals surface area contributed by atoms with Crippen LogP contribution >= 0.6 is 0 Å². The summed E-state index contributed by atoms with van der Waals surface area (Å²) in [5, 5.41) is 0. The van der Waals surface area contributed by atoms with Crippen molar-refractivity contribution >= 4 is 17.2 Å². The third-order valence-corrected chi connectivity index (χ3v) is 1.84. The fourth-order valence-corrected chi connectivity index (χ4v) is 1.06. The maximum Gasteiger partial charge on any atom is 0.203 e. The van der Waals surface area contributed by atoms with Gasteiger partial charge >= 0.3 is 0 Å². The van der Waals surface area contributed by atoms with E-state index in [9.17, 15) is 8.76 Å². The molecule has 1 aromatic rings. The van der Waals surface area contributed by atoms with E-state index in [1.54, 1.807) is 12.3 Å². The monoisotopic (exact) mass is 188 g/mol. The second kappa shape index (κ2) is 3.73. The van der Waals surface area contributed by atoms with Crippen LogP contribution < -0.4 is 4.72 Å². The van der Waals surface area contributed by atoms with Crippen molar-refractivity contribution in [3.05, 3.63) is 17.9 Å². The third-order valence-electron chi connectivity index (χ3n) is 1.47. The van der Waals surface area contributed by atoms with Crippen molar-refractivity contribution in [3.63, 3.8) is 0 Å². The summed E-state index contributed by atoms with van der Waals surface area (Å²) in [7, 11) is 0. The van der Waals surface area contributed by atoms with E-state index in [2.05, 4.69) is 4.72 Å². The van der Waals surface area contributed by atoms with Crippen molar-refractivity contribution in [2.24, 2.45) is 0 Å². The summed E-state index contributed by atoms with van der Waals surface area (Å²) in [4.78, 5) is 0. The minimum Gasteiger partial charge on any atom is -0.755 e. The molecule has 0 bridgehead atoms. The first-order valence-electron chi connectivity index (χ1n) is 3.54. The topological polar surface area (TPSA) is 65.3 Å². The van der Waals surface area contributed by atoms with E-state index in [1.807, 2.05) is 13.8 Å². The van der Waals surface area contributed by atoms with Crippen LogP contribution in [0.15, 0.2) is 16.7 Å². The van der Waals surface area contributed by atoms with Gasteiger partial charge in [-0.3, -0.25) is 8.93 Å². The van der Waals surface area contributed by atoms with Crippen molar-refractivity contribution in [3.8, 4) is 0 Å². The van der Waals surface area contributed by atoms with Crippen molar-refractivity contribution in [2.45, 2.75) is 19.8 Å². The highest BCUT2D eigenvalue weighted by Crippen LogP contribution is 2.20. The van der Waals surface area contributed by atoms with E-state index >= 15 is 0 Å². The summed E-state index contributed by atoms with van der Waals surface area (Å²) >= 11 is -2.31. The molecule has 5 heteroatoms. The van der Waals surface area contributed by atoms with Crippen molar-refractivity contribution < 1.29 is 13.2 Å². The van der Waals surface area contributed by atoms with Gasteiger partial charge in [0.2, 0.25) is 5.88 Å². The highest BCUT2D eigenvalue weighted by Gasteiger charge is 2.03. The zero-order chi connectivity index (χ0) is 9.14. The average Bonchev–Trinajstić information content (AvgIpc) is 2.34. The summed E-state index contributed by atoms with van der Waals surface area (Å²) in [5.41, 5.74) is 0.975. The van der Waals surface area contributed by atoms with Crippen LogP contribution in [-0.2, 0) is 11.3 Å². The van der Waals surface area contributed by atoms with E-state index in [4.69, 9.17) is 4.42 Å². The summed E-state index contributed by atoms with van der Waals surface area (Å²) in [6, 6.07) is 1.67. The summed E-state index contributed by atoms with van der Waals surface area (Å²) in [5.74, 6) is 0.594. The first-order chi connectivity index (χ1) is 5.59. The van der Waals surface area contributed by atoms with Gasteiger partial charge in [0.25, 0.3) is 0 Å². The molecule has 1 aromatic heterocycles. The normalized spacial score (nSPS) is 13.3. The van der Waals surface area contributed by atoms with Gasteiger partial charge in [-0.15, -0.1) is 0 Å². The van der Waals surface area contributed by atoms with Gasteiger partial charge in [0.1, 0.15) is 0 Å². The number of furan rings is 1. The van der Waals surface area contributed by atoms with E-state index in [-0.39, 0.29) is 5.88 Å². The molecular weight excluding hydrogens is 178 g/mol. The molecule has 1 atom stereocenters. The molecule has 0 amide bonds. The molecule has 0 spiro atoms. The lowest BCUT2D eigenvalue weighted by Gasteiger charge is -2.03. The van der Waals surface area contributed by atoms with Crippen molar-refractivity contribution in [1.82, 2.24) is 0 Å².